The summed E-state index contributed by atoms with van der Waals surface area (Å²) in [7, 11) is 1.50. The van der Waals surface area contributed by atoms with Gasteiger partial charge in [0.1, 0.15) is 18.1 Å². The summed E-state index contributed by atoms with van der Waals surface area (Å²) in [6.07, 6.45) is 0. The van der Waals surface area contributed by atoms with E-state index in [0.29, 0.717) is 27.4 Å². The molecule has 0 fully saturated rings. The van der Waals surface area contributed by atoms with Crippen LogP contribution in [0.25, 0.3) is 22.2 Å². The third kappa shape index (κ3) is 4.13. The maximum Gasteiger partial charge on any atom is 0.349 e. The minimum absolute atomic E-state index is 0.169. The molecule has 4 aromatic rings. The smallest absolute Gasteiger partial charge is 0.349 e. The van der Waals surface area contributed by atoms with Crippen LogP contribution in [0.3, 0.4) is 0 Å². The van der Waals surface area contributed by atoms with Crippen molar-refractivity contribution in [2.75, 3.05) is 12.4 Å². The van der Waals surface area contributed by atoms with Gasteiger partial charge in [-0.05, 0) is 42.5 Å². The van der Waals surface area contributed by atoms with Crippen molar-refractivity contribution in [2.24, 2.45) is 0 Å². The zero-order valence-corrected chi connectivity index (χ0v) is 17.2. The number of rotatable bonds is 5. The highest BCUT2D eigenvalue weighted by atomic mass is 35.5. The summed E-state index contributed by atoms with van der Waals surface area (Å²) in [4.78, 5) is 29.6. The molecule has 1 heterocycles. The number of nitrogens with one attached hydrogen (secondary N) is 1. The molecule has 0 aliphatic rings. The van der Waals surface area contributed by atoms with Crippen LogP contribution in [0.2, 0.25) is 5.02 Å². The fourth-order valence-electron chi connectivity index (χ4n) is 3.35. The lowest BCUT2D eigenvalue weighted by Gasteiger charge is -2.14. The summed E-state index contributed by atoms with van der Waals surface area (Å²) < 4.78 is 20.9. The number of nitrogens with zero attached hydrogens (tertiary/aromatic N) is 2. The Morgan fingerprint density at radius 2 is 1.87 bits per heavy atom. The van der Waals surface area contributed by atoms with Gasteiger partial charge < -0.3 is 10.1 Å². The SMILES string of the molecule is COc1ccccc1NC(=O)Cn1c(=O)nc(-c2ccccc2F)c2cc(Cl)ccc21. The summed E-state index contributed by atoms with van der Waals surface area (Å²) in [6.45, 7) is -0.292. The molecule has 31 heavy (non-hydrogen) atoms. The molecule has 0 spiro atoms. The van der Waals surface area contributed by atoms with Gasteiger partial charge in [0.25, 0.3) is 0 Å². The van der Waals surface area contributed by atoms with Crippen LogP contribution in [0, 0.1) is 5.82 Å². The van der Waals surface area contributed by atoms with E-state index < -0.39 is 17.4 Å². The van der Waals surface area contributed by atoms with Crippen LogP contribution in [0.4, 0.5) is 10.1 Å². The topological polar surface area (TPSA) is 73.2 Å². The third-order valence-electron chi connectivity index (χ3n) is 4.75. The summed E-state index contributed by atoms with van der Waals surface area (Å²) in [5.41, 5.74) is 0.562. The highest BCUT2D eigenvalue weighted by molar-refractivity contribution is 6.31. The van der Waals surface area contributed by atoms with Crippen LogP contribution < -0.4 is 15.7 Å². The van der Waals surface area contributed by atoms with Crippen molar-refractivity contribution in [2.45, 2.75) is 6.54 Å². The molecule has 156 valence electrons. The van der Waals surface area contributed by atoms with Crippen LogP contribution >= 0.6 is 11.6 Å². The standard InChI is InChI=1S/C23H17ClFN3O3/c1-31-20-9-5-4-8-18(20)26-21(29)13-28-19-11-10-14(24)12-16(19)22(27-23(28)30)15-6-2-3-7-17(15)25/h2-12H,13H2,1H3,(H,26,29). The highest BCUT2D eigenvalue weighted by Crippen LogP contribution is 2.29. The van der Waals surface area contributed by atoms with Crippen LogP contribution in [-0.4, -0.2) is 22.6 Å². The number of amides is 1. The van der Waals surface area contributed by atoms with E-state index in [1.807, 2.05) is 0 Å². The zero-order valence-electron chi connectivity index (χ0n) is 16.4. The fraction of sp³-hybridized carbons (Fsp3) is 0.0870. The first kappa shape index (κ1) is 20.6. The maximum atomic E-state index is 14.4. The first-order valence-electron chi connectivity index (χ1n) is 9.36. The number of aromatic nitrogens is 2. The van der Waals surface area contributed by atoms with Gasteiger partial charge >= 0.3 is 5.69 Å². The van der Waals surface area contributed by atoms with E-state index in [-0.39, 0.29) is 17.8 Å². The van der Waals surface area contributed by atoms with E-state index in [9.17, 15) is 14.0 Å². The van der Waals surface area contributed by atoms with Crippen molar-refractivity contribution in [1.29, 1.82) is 0 Å². The number of anilines is 1. The fourth-order valence-corrected chi connectivity index (χ4v) is 3.52. The Morgan fingerprint density at radius 3 is 2.65 bits per heavy atom. The number of hydrogen-bond acceptors (Lipinski definition) is 4. The van der Waals surface area contributed by atoms with E-state index in [1.54, 1.807) is 54.6 Å². The van der Waals surface area contributed by atoms with Gasteiger partial charge in [-0.25, -0.2) is 9.18 Å². The number of benzene rings is 3. The molecule has 8 heteroatoms. The van der Waals surface area contributed by atoms with Crippen molar-refractivity contribution in [1.82, 2.24) is 9.55 Å². The molecule has 0 bridgehead atoms. The van der Waals surface area contributed by atoms with E-state index in [1.165, 1.54) is 23.8 Å². The highest BCUT2D eigenvalue weighted by Gasteiger charge is 2.17. The Kier molecular flexibility index (Phi) is 5.68. The predicted octanol–water partition coefficient (Wildman–Crippen LogP) is 4.50. The molecule has 1 amide bonds. The van der Waals surface area contributed by atoms with E-state index in [0.717, 1.165) is 0 Å². The summed E-state index contributed by atoms with van der Waals surface area (Å²) >= 11 is 6.15. The van der Waals surface area contributed by atoms with Gasteiger partial charge in [-0.2, -0.15) is 4.98 Å². The minimum Gasteiger partial charge on any atom is -0.495 e. The Hall–Kier alpha value is -3.71. The summed E-state index contributed by atoms with van der Waals surface area (Å²) in [5, 5.41) is 3.59. The molecular formula is C23H17ClFN3O3. The molecule has 0 aliphatic carbocycles. The second-order valence-electron chi connectivity index (χ2n) is 6.72. The molecule has 4 rings (SSSR count). The van der Waals surface area contributed by atoms with Gasteiger partial charge in [0.2, 0.25) is 5.91 Å². The average Bonchev–Trinajstić information content (AvgIpc) is 2.76. The Bertz CT molecular complexity index is 1350. The molecule has 0 saturated heterocycles. The third-order valence-corrected chi connectivity index (χ3v) is 4.99. The van der Waals surface area contributed by atoms with Crippen LogP contribution in [-0.2, 0) is 11.3 Å². The van der Waals surface area contributed by atoms with E-state index >= 15 is 0 Å². The minimum atomic E-state index is -0.678. The maximum absolute atomic E-state index is 14.4. The number of hydrogen-bond donors (Lipinski definition) is 1. The average molecular weight is 438 g/mol. The predicted molar refractivity (Wildman–Crippen MR) is 118 cm³/mol. The lowest BCUT2D eigenvalue weighted by atomic mass is 10.1. The molecule has 0 aliphatic heterocycles. The lowest BCUT2D eigenvalue weighted by Crippen LogP contribution is -2.30. The van der Waals surface area contributed by atoms with Gasteiger partial charge in [0.15, 0.2) is 0 Å². The molecule has 1 aromatic heterocycles. The van der Waals surface area contributed by atoms with Crippen LogP contribution in [0.5, 0.6) is 5.75 Å². The Labute approximate surface area is 181 Å². The Morgan fingerprint density at radius 1 is 1.13 bits per heavy atom. The lowest BCUT2D eigenvalue weighted by molar-refractivity contribution is -0.116. The molecule has 0 saturated carbocycles. The number of carbonyl (C=O) groups is 1. The van der Waals surface area contributed by atoms with E-state index in [2.05, 4.69) is 10.3 Å². The number of para-hydroxylation sites is 2. The molecule has 1 N–H and O–H groups in total. The molecule has 0 unspecified atom stereocenters. The van der Waals surface area contributed by atoms with Gasteiger partial charge in [-0.3, -0.25) is 9.36 Å². The van der Waals surface area contributed by atoms with Crippen molar-refractivity contribution >= 4 is 34.1 Å². The van der Waals surface area contributed by atoms with Crippen molar-refractivity contribution in [3.63, 3.8) is 0 Å². The van der Waals surface area contributed by atoms with Crippen molar-refractivity contribution in [3.05, 3.63) is 88.1 Å². The first-order chi connectivity index (χ1) is 15.0. The summed E-state index contributed by atoms with van der Waals surface area (Å²) in [6, 6.07) is 17.8. The van der Waals surface area contributed by atoms with E-state index in [4.69, 9.17) is 16.3 Å². The van der Waals surface area contributed by atoms with Gasteiger partial charge in [0.05, 0.1) is 24.0 Å². The van der Waals surface area contributed by atoms with Gasteiger partial charge in [0, 0.05) is 16.0 Å². The summed E-state index contributed by atoms with van der Waals surface area (Å²) in [5.74, 6) is -0.460. The van der Waals surface area contributed by atoms with Crippen molar-refractivity contribution in [3.8, 4) is 17.0 Å². The molecular weight excluding hydrogens is 421 g/mol. The number of methoxy groups -OCH3 is 1. The van der Waals surface area contributed by atoms with Crippen LogP contribution in [0.15, 0.2) is 71.5 Å². The number of carbonyl (C=O) groups excluding carboxylic acids is 1. The molecule has 0 radical (unpaired) electrons. The van der Waals surface area contributed by atoms with Gasteiger partial charge in [-0.15, -0.1) is 0 Å². The van der Waals surface area contributed by atoms with Crippen LogP contribution in [0.1, 0.15) is 0 Å². The normalized spacial score (nSPS) is 10.8. The second-order valence-corrected chi connectivity index (χ2v) is 7.16. The first-order valence-corrected chi connectivity index (χ1v) is 9.73. The molecule has 6 nitrogen and oxygen atoms in total. The second kappa shape index (κ2) is 8.57. The van der Waals surface area contributed by atoms with Gasteiger partial charge in [-0.1, -0.05) is 35.9 Å². The molecule has 3 aromatic carbocycles. The monoisotopic (exact) mass is 437 g/mol. The molecule has 0 atom stereocenters. The number of ether oxygens (including phenoxy) is 1. The number of fused-ring (bicyclic) bond motifs is 1. The largest absolute Gasteiger partial charge is 0.495 e. The number of halogens is 2. The van der Waals surface area contributed by atoms with Crippen molar-refractivity contribution < 1.29 is 13.9 Å². The zero-order chi connectivity index (χ0) is 22.0. The quantitative estimate of drug-likeness (QED) is 0.499. The Balaban J connectivity index is 1.78.